The summed E-state index contributed by atoms with van der Waals surface area (Å²) in [6.45, 7) is 4.85. The highest BCUT2D eigenvalue weighted by molar-refractivity contribution is 5.86. The zero-order chi connectivity index (χ0) is 17.8. The molecule has 0 bridgehead atoms. The molecule has 4 rings (SSSR count). The van der Waals surface area contributed by atoms with E-state index in [1.165, 1.54) is 0 Å². The number of hydrogen-bond acceptors (Lipinski definition) is 5. The highest BCUT2D eigenvalue weighted by atomic mass is 16.5. The number of hydrogen-bond donors (Lipinski definition) is 2. The van der Waals surface area contributed by atoms with Crippen molar-refractivity contribution >= 4 is 12.0 Å². The average molecular weight is 353 g/mol. The molecule has 8 heteroatoms. The van der Waals surface area contributed by atoms with Crippen LogP contribution in [0.2, 0.25) is 0 Å². The molecule has 1 saturated carbocycles. The number of nitrogens with zero attached hydrogens (tertiary/aromatic N) is 3. The molecule has 0 radical (unpaired) electrons. The number of carbonyl (C=O) groups excluding carboxylic acids is 1. The van der Waals surface area contributed by atoms with Gasteiger partial charge in [-0.25, -0.2) is 4.79 Å². The van der Waals surface area contributed by atoms with Crippen LogP contribution in [0.4, 0.5) is 4.79 Å². The number of rotatable bonds is 3. The number of β-amino-alcohol motifs (C(OH)–C–C–N with tert-alkyl or cyclic N) is 1. The molecule has 4 fully saturated rings. The summed E-state index contributed by atoms with van der Waals surface area (Å²) in [5.74, 6) is -0.170. The first-order valence-corrected chi connectivity index (χ1v) is 9.25. The Kier molecular flexibility index (Phi) is 4.16. The van der Waals surface area contributed by atoms with E-state index in [4.69, 9.17) is 4.74 Å². The average Bonchev–Trinajstić information content (AvgIpc) is 3.24. The maximum absolute atomic E-state index is 12.6. The molecule has 2 unspecified atom stereocenters. The van der Waals surface area contributed by atoms with E-state index < -0.39 is 18.4 Å². The van der Waals surface area contributed by atoms with Crippen molar-refractivity contribution in [3.8, 4) is 0 Å². The summed E-state index contributed by atoms with van der Waals surface area (Å²) in [4.78, 5) is 29.1. The first-order valence-electron chi connectivity index (χ1n) is 9.25. The zero-order valence-corrected chi connectivity index (χ0v) is 14.6. The van der Waals surface area contributed by atoms with Gasteiger partial charge in [-0.3, -0.25) is 9.69 Å². The number of carbonyl (C=O) groups is 2. The van der Waals surface area contributed by atoms with Crippen molar-refractivity contribution in [1.29, 1.82) is 0 Å². The van der Waals surface area contributed by atoms with Crippen LogP contribution in [-0.2, 0) is 9.53 Å². The third kappa shape index (κ3) is 2.90. The van der Waals surface area contributed by atoms with Crippen molar-refractivity contribution in [1.82, 2.24) is 14.7 Å². The van der Waals surface area contributed by atoms with Crippen LogP contribution in [0.15, 0.2) is 0 Å². The molecular formula is C17H27N3O5. The number of piperazine rings is 1. The smallest absolute Gasteiger partial charge is 0.408 e. The van der Waals surface area contributed by atoms with Crippen molar-refractivity contribution in [3.63, 3.8) is 0 Å². The van der Waals surface area contributed by atoms with E-state index in [1.54, 1.807) is 11.8 Å². The van der Waals surface area contributed by atoms with Crippen LogP contribution < -0.4 is 0 Å². The molecule has 0 aromatic rings. The summed E-state index contributed by atoms with van der Waals surface area (Å²) < 4.78 is 5.70. The van der Waals surface area contributed by atoms with Crippen LogP contribution >= 0.6 is 0 Å². The molecule has 3 aliphatic heterocycles. The molecule has 2 N–H and O–H groups in total. The third-order valence-electron chi connectivity index (χ3n) is 6.60. The van der Waals surface area contributed by atoms with Crippen molar-refractivity contribution in [2.75, 3.05) is 32.8 Å². The Balaban J connectivity index is 1.33. The maximum atomic E-state index is 12.6. The second kappa shape index (κ2) is 6.10. The largest absolute Gasteiger partial charge is 0.465 e. The summed E-state index contributed by atoms with van der Waals surface area (Å²) >= 11 is 0. The molecule has 3 saturated heterocycles. The van der Waals surface area contributed by atoms with Gasteiger partial charge < -0.3 is 24.7 Å². The summed E-state index contributed by atoms with van der Waals surface area (Å²) in [5.41, 5.74) is 0.205. The van der Waals surface area contributed by atoms with Gasteiger partial charge in [0.05, 0.1) is 25.3 Å². The summed E-state index contributed by atoms with van der Waals surface area (Å²) in [6, 6.07) is -0.672. The highest BCUT2D eigenvalue weighted by Gasteiger charge is 2.51. The molecule has 8 nitrogen and oxygen atoms in total. The molecule has 0 aromatic carbocycles. The van der Waals surface area contributed by atoms with E-state index in [-0.39, 0.29) is 30.0 Å². The Morgan fingerprint density at radius 2 is 2.08 bits per heavy atom. The number of aliphatic hydroxyl groups is 1. The predicted molar refractivity (Wildman–Crippen MR) is 87.9 cm³/mol. The van der Waals surface area contributed by atoms with Crippen molar-refractivity contribution in [2.24, 2.45) is 5.41 Å². The number of piperidine rings is 1. The number of fused-ring (bicyclic) bond motifs is 1. The van der Waals surface area contributed by atoms with E-state index in [1.807, 2.05) is 0 Å². The summed E-state index contributed by atoms with van der Waals surface area (Å²) in [5, 5.41) is 19.5. The molecule has 4 atom stereocenters. The van der Waals surface area contributed by atoms with Crippen molar-refractivity contribution in [2.45, 2.75) is 57.0 Å². The minimum Gasteiger partial charge on any atom is -0.465 e. The predicted octanol–water partition coefficient (Wildman–Crippen LogP) is 0.159. The Labute approximate surface area is 147 Å². The van der Waals surface area contributed by atoms with E-state index >= 15 is 0 Å². The molecule has 1 spiro atoms. The Morgan fingerprint density at radius 1 is 1.32 bits per heavy atom. The summed E-state index contributed by atoms with van der Waals surface area (Å²) in [7, 11) is 0. The second-order valence-electron chi connectivity index (χ2n) is 8.02. The Bertz CT molecular complexity index is 566. The van der Waals surface area contributed by atoms with Gasteiger partial charge >= 0.3 is 6.09 Å². The lowest BCUT2D eigenvalue weighted by atomic mass is 9.90. The van der Waals surface area contributed by atoms with Gasteiger partial charge in [0.2, 0.25) is 5.91 Å². The molecule has 0 aromatic heterocycles. The van der Waals surface area contributed by atoms with Gasteiger partial charge in [-0.1, -0.05) is 0 Å². The van der Waals surface area contributed by atoms with Crippen LogP contribution in [0.5, 0.6) is 0 Å². The Morgan fingerprint density at radius 3 is 2.72 bits per heavy atom. The van der Waals surface area contributed by atoms with Crippen LogP contribution in [0.3, 0.4) is 0 Å². The molecule has 25 heavy (non-hydrogen) atoms. The molecule has 1 aliphatic carbocycles. The lowest BCUT2D eigenvalue weighted by molar-refractivity contribution is -0.151. The van der Waals surface area contributed by atoms with Crippen LogP contribution in [0.25, 0.3) is 0 Å². The lowest BCUT2D eigenvalue weighted by Crippen LogP contribution is -2.62. The van der Waals surface area contributed by atoms with E-state index in [0.29, 0.717) is 13.2 Å². The normalized spacial score (nSPS) is 37.4. The maximum Gasteiger partial charge on any atom is 0.408 e. The zero-order valence-electron chi connectivity index (χ0n) is 14.6. The third-order valence-corrected chi connectivity index (χ3v) is 6.60. The minimum absolute atomic E-state index is 0.00940. The van der Waals surface area contributed by atoms with Crippen LogP contribution in [-0.4, -0.2) is 94.1 Å². The molecule has 3 heterocycles. The van der Waals surface area contributed by atoms with E-state index in [0.717, 1.165) is 43.7 Å². The van der Waals surface area contributed by atoms with Gasteiger partial charge in [0.15, 0.2) is 6.23 Å². The van der Waals surface area contributed by atoms with Crippen molar-refractivity contribution < 1.29 is 24.5 Å². The molecular weight excluding hydrogens is 326 g/mol. The van der Waals surface area contributed by atoms with Gasteiger partial charge in [0, 0.05) is 13.1 Å². The topological polar surface area (TPSA) is 93.6 Å². The number of aliphatic hydroxyl groups excluding tert-OH is 1. The monoisotopic (exact) mass is 353 g/mol. The van der Waals surface area contributed by atoms with Gasteiger partial charge in [-0.2, -0.15) is 0 Å². The fourth-order valence-corrected chi connectivity index (χ4v) is 4.58. The quantitative estimate of drug-likeness (QED) is 0.751. The second-order valence-corrected chi connectivity index (χ2v) is 8.02. The fourth-order valence-electron chi connectivity index (χ4n) is 4.58. The van der Waals surface area contributed by atoms with Gasteiger partial charge in [0.25, 0.3) is 0 Å². The number of ether oxygens (including phenoxy) is 1. The molecule has 2 amide bonds. The van der Waals surface area contributed by atoms with E-state index in [2.05, 4.69) is 4.90 Å². The first kappa shape index (κ1) is 17.1. The van der Waals surface area contributed by atoms with Gasteiger partial charge in [0.1, 0.15) is 6.04 Å². The van der Waals surface area contributed by atoms with Gasteiger partial charge in [-0.05, 0) is 44.6 Å². The molecule has 4 aliphatic rings. The van der Waals surface area contributed by atoms with Crippen molar-refractivity contribution in [3.05, 3.63) is 0 Å². The number of carboxylic acid groups (broad SMARTS) is 1. The summed E-state index contributed by atoms with van der Waals surface area (Å²) in [6.07, 6.45) is 2.39. The van der Waals surface area contributed by atoms with E-state index in [9.17, 15) is 19.8 Å². The minimum atomic E-state index is -1.08. The number of amides is 2. The van der Waals surface area contributed by atoms with Crippen LogP contribution in [0.1, 0.15) is 32.6 Å². The standard InChI is InChI=1S/C17H27N3O5/c1-11-15(22)20-12(10-25-14(20)9-19(11)16(23)24)2-6-18-7-5-17(3-4-17)13(21)8-18/h11-14,21H,2-10H2,1H3,(H,23,24)/t11-,12-,13?,14?/m0/s1. The first-order chi connectivity index (χ1) is 11.9. The number of likely N-dealkylation sites (tertiary alicyclic amines) is 1. The lowest BCUT2D eigenvalue weighted by Gasteiger charge is -2.41. The van der Waals surface area contributed by atoms with Crippen LogP contribution in [0, 0.1) is 5.41 Å². The fraction of sp³-hybridized carbons (Fsp3) is 0.882. The Hall–Kier alpha value is -1.38. The molecule has 140 valence electrons. The highest BCUT2D eigenvalue weighted by Crippen LogP contribution is 2.53. The SMILES string of the molecule is C[C@H]1C(=O)N2C(CN1C(=O)O)OC[C@@H]2CCN1CCC2(CC2)C(O)C1. The van der Waals surface area contributed by atoms with Gasteiger partial charge in [-0.15, -0.1) is 0 Å².